The van der Waals surface area contributed by atoms with Crippen molar-refractivity contribution in [2.24, 2.45) is 0 Å². The summed E-state index contributed by atoms with van der Waals surface area (Å²) >= 11 is 0. The predicted molar refractivity (Wildman–Crippen MR) is 103 cm³/mol. The Morgan fingerprint density at radius 3 is 2.46 bits per heavy atom. The number of ether oxygens (including phenoxy) is 1. The molecule has 2 fully saturated rings. The molecular weight excluding hydrogens is 382 g/mol. The number of hydrogen-bond acceptors (Lipinski definition) is 5. The summed E-state index contributed by atoms with van der Waals surface area (Å²) in [5.74, 6) is -0.833. The summed E-state index contributed by atoms with van der Waals surface area (Å²) in [4.78, 5) is 24.6. The van der Waals surface area contributed by atoms with E-state index < -0.39 is 15.9 Å². The van der Waals surface area contributed by atoms with Gasteiger partial charge in [-0.3, -0.25) is 9.59 Å². The molecule has 0 spiro atoms. The van der Waals surface area contributed by atoms with E-state index in [1.165, 1.54) is 22.9 Å². The van der Waals surface area contributed by atoms with Gasteiger partial charge in [-0.25, -0.2) is 8.42 Å². The van der Waals surface area contributed by atoms with Crippen LogP contribution in [0.5, 0.6) is 0 Å². The van der Waals surface area contributed by atoms with Gasteiger partial charge in [-0.2, -0.15) is 4.31 Å². The second kappa shape index (κ2) is 9.49. The Labute approximate surface area is 165 Å². The summed E-state index contributed by atoms with van der Waals surface area (Å²) < 4.78 is 32.4. The number of nitrogens with zero attached hydrogens (tertiary/aromatic N) is 1. The molecular formula is C19H27N3O5S. The first kappa shape index (κ1) is 20.8. The van der Waals surface area contributed by atoms with Crippen LogP contribution in [0.1, 0.15) is 42.5 Å². The van der Waals surface area contributed by atoms with Crippen LogP contribution in [-0.4, -0.2) is 63.4 Å². The Morgan fingerprint density at radius 1 is 1.07 bits per heavy atom. The van der Waals surface area contributed by atoms with Crippen LogP contribution in [0.3, 0.4) is 0 Å². The van der Waals surface area contributed by atoms with Crippen LogP contribution in [-0.2, 0) is 19.6 Å². The summed E-state index contributed by atoms with van der Waals surface area (Å²) in [6.45, 7) is 0.981. The lowest BCUT2D eigenvalue weighted by atomic mass is 9.95. The van der Waals surface area contributed by atoms with E-state index in [4.69, 9.17) is 4.74 Å². The molecule has 2 amide bonds. The maximum atomic E-state index is 12.9. The SMILES string of the molecule is O=C(CNC(=O)c1ccccc1S(=O)(=O)N1CCOCC1)NC1CCCCC1. The number of sulfonamides is 1. The van der Waals surface area contributed by atoms with Gasteiger partial charge in [-0.1, -0.05) is 31.4 Å². The van der Waals surface area contributed by atoms with Crippen molar-refractivity contribution >= 4 is 21.8 Å². The number of hydrogen-bond donors (Lipinski definition) is 2. The van der Waals surface area contributed by atoms with Gasteiger partial charge >= 0.3 is 0 Å². The number of morpholine rings is 1. The molecule has 3 rings (SSSR count). The van der Waals surface area contributed by atoms with Gasteiger partial charge < -0.3 is 15.4 Å². The molecule has 0 unspecified atom stereocenters. The number of benzene rings is 1. The fraction of sp³-hybridized carbons (Fsp3) is 0.579. The molecule has 9 heteroatoms. The molecule has 2 N–H and O–H groups in total. The summed E-state index contributed by atoms with van der Waals surface area (Å²) in [6, 6.07) is 6.23. The normalized spacial score (nSPS) is 19.1. The zero-order chi connectivity index (χ0) is 20.0. The largest absolute Gasteiger partial charge is 0.379 e. The van der Waals surface area contributed by atoms with Crippen molar-refractivity contribution in [1.29, 1.82) is 0 Å². The van der Waals surface area contributed by atoms with E-state index in [2.05, 4.69) is 10.6 Å². The molecule has 28 heavy (non-hydrogen) atoms. The molecule has 1 heterocycles. The second-order valence-electron chi connectivity index (χ2n) is 7.10. The van der Waals surface area contributed by atoms with Gasteiger partial charge in [0.15, 0.2) is 0 Å². The predicted octanol–water partition coefficient (Wildman–Crippen LogP) is 0.886. The minimum Gasteiger partial charge on any atom is -0.379 e. The maximum Gasteiger partial charge on any atom is 0.253 e. The first-order chi connectivity index (χ1) is 13.5. The molecule has 0 atom stereocenters. The van der Waals surface area contributed by atoms with E-state index in [-0.39, 0.29) is 42.0 Å². The zero-order valence-electron chi connectivity index (χ0n) is 15.9. The van der Waals surface area contributed by atoms with E-state index in [1.54, 1.807) is 12.1 Å². The van der Waals surface area contributed by atoms with E-state index in [0.29, 0.717) is 13.2 Å². The van der Waals surface area contributed by atoms with Crippen LogP contribution in [0.15, 0.2) is 29.2 Å². The molecule has 0 bridgehead atoms. The number of amides is 2. The maximum absolute atomic E-state index is 12.9. The highest BCUT2D eigenvalue weighted by Gasteiger charge is 2.30. The third-order valence-electron chi connectivity index (χ3n) is 5.10. The fourth-order valence-corrected chi connectivity index (χ4v) is 5.18. The number of nitrogens with one attached hydrogen (secondary N) is 2. The fourth-order valence-electron chi connectivity index (χ4n) is 3.59. The van der Waals surface area contributed by atoms with Crippen molar-refractivity contribution in [3.05, 3.63) is 29.8 Å². The van der Waals surface area contributed by atoms with Gasteiger partial charge in [0.05, 0.1) is 30.2 Å². The highest BCUT2D eigenvalue weighted by atomic mass is 32.2. The standard InChI is InChI=1S/C19H27N3O5S/c23-18(21-15-6-2-1-3-7-15)14-20-19(24)16-8-4-5-9-17(16)28(25,26)22-10-12-27-13-11-22/h4-5,8-9,15H,1-3,6-7,10-14H2,(H,20,24)(H,21,23). The lowest BCUT2D eigenvalue weighted by molar-refractivity contribution is -0.121. The third-order valence-corrected chi connectivity index (χ3v) is 7.06. The summed E-state index contributed by atoms with van der Waals surface area (Å²) in [7, 11) is -3.81. The lowest BCUT2D eigenvalue weighted by Crippen LogP contribution is -2.43. The molecule has 8 nitrogen and oxygen atoms in total. The third kappa shape index (κ3) is 5.09. The van der Waals surface area contributed by atoms with Crippen molar-refractivity contribution in [3.63, 3.8) is 0 Å². The van der Waals surface area contributed by atoms with Gasteiger partial charge in [-0.15, -0.1) is 0 Å². The Kier molecular flexibility index (Phi) is 7.03. The Morgan fingerprint density at radius 2 is 1.75 bits per heavy atom. The van der Waals surface area contributed by atoms with Crippen LogP contribution < -0.4 is 10.6 Å². The van der Waals surface area contributed by atoms with Crippen molar-refractivity contribution < 1.29 is 22.7 Å². The van der Waals surface area contributed by atoms with Crippen LogP contribution in [0.25, 0.3) is 0 Å². The number of carbonyl (C=O) groups is 2. The van der Waals surface area contributed by atoms with Gasteiger partial charge in [0, 0.05) is 19.1 Å². The van der Waals surface area contributed by atoms with E-state index in [0.717, 1.165) is 25.7 Å². The van der Waals surface area contributed by atoms with Crippen LogP contribution >= 0.6 is 0 Å². The van der Waals surface area contributed by atoms with Crippen LogP contribution in [0.4, 0.5) is 0 Å². The molecule has 1 aliphatic heterocycles. The Hall–Kier alpha value is -1.97. The lowest BCUT2D eigenvalue weighted by Gasteiger charge is -2.26. The second-order valence-corrected chi connectivity index (χ2v) is 9.00. The molecule has 1 aromatic rings. The summed E-state index contributed by atoms with van der Waals surface area (Å²) in [5, 5.41) is 5.47. The number of rotatable bonds is 6. The molecule has 0 radical (unpaired) electrons. The minimum atomic E-state index is -3.81. The zero-order valence-corrected chi connectivity index (χ0v) is 16.7. The highest BCUT2D eigenvalue weighted by molar-refractivity contribution is 7.89. The van der Waals surface area contributed by atoms with Gasteiger partial charge in [0.2, 0.25) is 15.9 Å². The minimum absolute atomic E-state index is 0.0412. The van der Waals surface area contributed by atoms with Crippen LogP contribution in [0.2, 0.25) is 0 Å². The first-order valence-electron chi connectivity index (χ1n) is 9.73. The highest BCUT2D eigenvalue weighted by Crippen LogP contribution is 2.21. The average molecular weight is 410 g/mol. The summed E-state index contributed by atoms with van der Waals surface area (Å²) in [5.41, 5.74) is 0.0412. The van der Waals surface area contributed by atoms with E-state index in [9.17, 15) is 18.0 Å². The van der Waals surface area contributed by atoms with E-state index >= 15 is 0 Å². The van der Waals surface area contributed by atoms with Gasteiger partial charge in [0.1, 0.15) is 0 Å². The molecule has 1 aliphatic carbocycles. The van der Waals surface area contributed by atoms with E-state index in [1.807, 2.05) is 0 Å². The molecule has 0 aromatic heterocycles. The quantitative estimate of drug-likeness (QED) is 0.726. The molecule has 154 valence electrons. The molecule has 2 aliphatic rings. The molecule has 1 saturated heterocycles. The topological polar surface area (TPSA) is 105 Å². The molecule has 1 saturated carbocycles. The number of carbonyl (C=O) groups excluding carboxylic acids is 2. The first-order valence-corrected chi connectivity index (χ1v) is 11.2. The van der Waals surface area contributed by atoms with Gasteiger partial charge in [-0.05, 0) is 25.0 Å². The monoisotopic (exact) mass is 409 g/mol. The van der Waals surface area contributed by atoms with Crippen molar-refractivity contribution in [2.45, 2.75) is 43.0 Å². The van der Waals surface area contributed by atoms with Crippen molar-refractivity contribution in [1.82, 2.24) is 14.9 Å². The van der Waals surface area contributed by atoms with Crippen molar-refractivity contribution in [2.75, 3.05) is 32.8 Å². The Bertz CT molecular complexity index is 800. The Balaban J connectivity index is 1.64. The smallest absolute Gasteiger partial charge is 0.253 e. The average Bonchev–Trinajstić information content (AvgIpc) is 2.73. The van der Waals surface area contributed by atoms with Crippen LogP contribution in [0, 0.1) is 0 Å². The molecule has 1 aromatic carbocycles. The van der Waals surface area contributed by atoms with Crippen molar-refractivity contribution in [3.8, 4) is 0 Å². The summed E-state index contributed by atoms with van der Waals surface area (Å²) in [6.07, 6.45) is 5.31. The van der Waals surface area contributed by atoms with Gasteiger partial charge in [0.25, 0.3) is 5.91 Å².